The highest BCUT2D eigenvalue weighted by molar-refractivity contribution is 5.96. The molecule has 19 heavy (non-hydrogen) atoms. The maximum absolute atomic E-state index is 12.2. The molecule has 1 aromatic rings. The number of aromatic nitrogens is 1. The van der Waals surface area contributed by atoms with Gasteiger partial charge in [0.25, 0.3) is 5.91 Å². The Morgan fingerprint density at radius 1 is 1.53 bits per heavy atom. The lowest BCUT2D eigenvalue weighted by molar-refractivity contribution is -0.157. The molecule has 1 unspecified atom stereocenters. The van der Waals surface area contributed by atoms with Crippen molar-refractivity contribution in [2.75, 3.05) is 13.1 Å². The summed E-state index contributed by atoms with van der Waals surface area (Å²) in [5.74, 6) is -1.20. The van der Waals surface area contributed by atoms with Crippen molar-refractivity contribution in [3.63, 3.8) is 0 Å². The molecule has 1 fully saturated rings. The third kappa shape index (κ3) is 3.27. The largest absolute Gasteiger partial charge is 0.406 e. The van der Waals surface area contributed by atoms with E-state index in [0.717, 1.165) is 0 Å². The first-order chi connectivity index (χ1) is 8.87. The van der Waals surface area contributed by atoms with Crippen LogP contribution >= 0.6 is 0 Å². The zero-order chi connectivity index (χ0) is 14.0. The fraction of sp³-hybridized carbons (Fsp3) is 0.455. The number of hydrogen-bond donors (Lipinski definition) is 2. The van der Waals surface area contributed by atoms with Gasteiger partial charge in [-0.2, -0.15) is 13.2 Å². The van der Waals surface area contributed by atoms with Crippen molar-refractivity contribution in [3.05, 3.63) is 24.0 Å². The Morgan fingerprint density at radius 2 is 2.26 bits per heavy atom. The molecule has 1 saturated heterocycles. The number of alkyl halides is 3. The van der Waals surface area contributed by atoms with Crippen molar-refractivity contribution >= 4 is 11.8 Å². The number of nitrogens with zero attached hydrogens (tertiary/aromatic N) is 1. The second kappa shape index (κ2) is 4.94. The molecule has 2 N–H and O–H groups in total. The average Bonchev–Trinajstić information content (AvgIpc) is 2.92. The first-order valence-corrected chi connectivity index (χ1v) is 5.66. The predicted molar refractivity (Wildman–Crippen MR) is 59.3 cm³/mol. The summed E-state index contributed by atoms with van der Waals surface area (Å²) in [6.45, 7) is -1.28. The van der Waals surface area contributed by atoms with E-state index in [-0.39, 0.29) is 18.7 Å². The van der Waals surface area contributed by atoms with E-state index in [9.17, 15) is 22.8 Å². The number of likely N-dealkylation sites (tertiary alicyclic amines) is 1. The van der Waals surface area contributed by atoms with Crippen LogP contribution in [0.25, 0.3) is 0 Å². The van der Waals surface area contributed by atoms with Gasteiger partial charge < -0.3 is 15.2 Å². The number of aromatic amines is 1. The number of H-pyrrole nitrogens is 1. The molecule has 2 amide bonds. The Labute approximate surface area is 106 Å². The SMILES string of the molecule is O=C(NC1CCN(CC(F)(F)F)C1=O)c1ccc[nH]1. The lowest BCUT2D eigenvalue weighted by Crippen LogP contribution is -2.43. The highest BCUT2D eigenvalue weighted by Crippen LogP contribution is 2.21. The molecule has 1 aliphatic rings. The van der Waals surface area contributed by atoms with Gasteiger partial charge >= 0.3 is 6.18 Å². The lowest BCUT2D eigenvalue weighted by Gasteiger charge is -2.18. The fourth-order valence-electron chi connectivity index (χ4n) is 1.95. The first-order valence-electron chi connectivity index (χ1n) is 5.66. The van der Waals surface area contributed by atoms with Gasteiger partial charge in [-0.25, -0.2) is 0 Å². The van der Waals surface area contributed by atoms with Crippen LogP contribution in [0.4, 0.5) is 13.2 Å². The third-order valence-electron chi connectivity index (χ3n) is 2.82. The van der Waals surface area contributed by atoms with Gasteiger partial charge in [-0.1, -0.05) is 0 Å². The standard InChI is InChI=1S/C11H12F3N3O2/c12-11(13,14)6-17-5-3-8(10(17)19)16-9(18)7-2-1-4-15-7/h1-2,4,8,15H,3,5-6H2,(H,16,18). The predicted octanol–water partition coefficient (Wildman–Crippen LogP) is 0.908. The highest BCUT2D eigenvalue weighted by atomic mass is 19.4. The summed E-state index contributed by atoms with van der Waals surface area (Å²) in [6.07, 6.45) is -2.70. The number of rotatable bonds is 3. The second-order valence-corrected chi connectivity index (χ2v) is 4.27. The summed E-state index contributed by atoms with van der Waals surface area (Å²) >= 11 is 0. The van der Waals surface area contributed by atoms with Crippen molar-refractivity contribution in [2.24, 2.45) is 0 Å². The van der Waals surface area contributed by atoms with Gasteiger partial charge in [-0.15, -0.1) is 0 Å². The molecule has 0 spiro atoms. The summed E-state index contributed by atoms with van der Waals surface area (Å²) in [4.78, 5) is 26.7. The maximum Gasteiger partial charge on any atom is 0.406 e. The molecule has 0 aliphatic carbocycles. The molecule has 2 rings (SSSR count). The molecule has 104 valence electrons. The van der Waals surface area contributed by atoms with Crippen LogP contribution in [0.3, 0.4) is 0 Å². The minimum absolute atomic E-state index is 0.00594. The summed E-state index contributed by atoms with van der Waals surface area (Å²) in [6, 6.07) is 2.24. The normalized spacial score (nSPS) is 19.8. The Bertz CT molecular complexity index is 470. The van der Waals surface area contributed by atoms with Crippen LogP contribution in [-0.4, -0.2) is 47.0 Å². The van der Waals surface area contributed by atoms with Crippen LogP contribution < -0.4 is 5.32 Å². The monoisotopic (exact) mass is 275 g/mol. The Kier molecular flexibility index (Phi) is 3.50. The molecule has 0 bridgehead atoms. The van der Waals surface area contributed by atoms with Crippen LogP contribution in [0, 0.1) is 0 Å². The number of amides is 2. The van der Waals surface area contributed by atoms with Crippen molar-refractivity contribution in [2.45, 2.75) is 18.6 Å². The lowest BCUT2D eigenvalue weighted by atomic mass is 10.2. The molecule has 8 heteroatoms. The second-order valence-electron chi connectivity index (χ2n) is 4.27. The number of halogens is 3. The van der Waals surface area contributed by atoms with Gasteiger partial charge in [-0.05, 0) is 18.6 Å². The molecule has 1 atom stereocenters. The molecule has 1 aliphatic heterocycles. The molecular formula is C11H12F3N3O2. The van der Waals surface area contributed by atoms with Crippen LogP contribution in [0.1, 0.15) is 16.9 Å². The summed E-state index contributed by atoms with van der Waals surface area (Å²) < 4.78 is 36.6. The van der Waals surface area contributed by atoms with E-state index in [2.05, 4.69) is 10.3 Å². The van der Waals surface area contributed by atoms with Gasteiger partial charge in [0.2, 0.25) is 5.91 Å². The zero-order valence-corrected chi connectivity index (χ0v) is 9.83. The number of carbonyl (C=O) groups excluding carboxylic acids is 2. The molecule has 5 nitrogen and oxygen atoms in total. The van der Waals surface area contributed by atoms with Crippen molar-refractivity contribution in [1.29, 1.82) is 0 Å². The van der Waals surface area contributed by atoms with E-state index in [1.807, 2.05) is 0 Å². The molecule has 0 saturated carbocycles. The van der Waals surface area contributed by atoms with E-state index in [1.165, 1.54) is 6.07 Å². The minimum Gasteiger partial charge on any atom is -0.357 e. The highest BCUT2D eigenvalue weighted by Gasteiger charge is 2.39. The first kappa shape index (κ1) is 13.4. The smallest absolute Gasteiger partial charge is 0.357 e. The summed E-state index contributed by atoms with van der Waals surface area (Å²) in [7, 11) is 0. The Morgan fingerprint density at radius 3 is 2.84 bits per heavy atom. The number of hydrogen-bond acceptors (Lipinski definition) is 2. The van der Waals surface area contributed by atoms with E-state index in [4.69, 9.17) is 0 Å². The van der Waals surface area contributed by atoms with Gasteiger partial charge in [0, 0.05) is 12.7 Å². The third-order valence-corrected chi connectivity index (χ3v) is 2.82. The fourth-order valence-corrected chi connectivity index (χ4v) is 1.95. The Hall–Kier alpha value is -1.99. The molecule has 0 aromatic carbocycles. The van der Waals surface area contributed by atoms with Crippen molar-refractivity contribution < 1.29 is 22.8 Å². The van der Waals surface area contributed by atoms with Crippen molar-refractivity contribution in [1.82, 2.24) is 15.2 Å². The summed E-state index contributed by atoms with van der Waals surface area (Å²) in [5.41, 5.74) is 0.266. The van der Waals surface area contributed by atoms with Crippen molar-refractivity contribution in [3.8, 4) is 0 Å². The van der Waals surface area contributed by atoms with Crippen LogP contribution in [0.2, 0.25) is 0 Å². The maximum atomic E-state index is 12.2. The summed E-state index contributed by atoms with van der Waals surface area (Å²) in [5, 5.41) is 2.42. The average molecular weight is 275 g/mol. The van der Waals surface area contributed by atoms with E-state index in [1.54, 1.807) is 12.3 Å². The van der Waals surface area contributed by atoms with Gasteiger partial charge in [0.1, 0.15) is 18.3 Å². The van der Waals surface area contributed by atoms with Gasteiger partial charge in [0.05, 0.1) is 0 Å². The van der Waals surface area contributed by atoms with E-state index < -0.39 is 30.6 Å². The van der Waals surface area contributed by atoms with Crippen LogP contribution in [0.5, 0.6) is 0 Å². The zero-order valence-electron chi connectivity index (χ0n) is 9.83. The molecule has 0 radical (unpaired) electrons. The quantitative estimate of drug-likeness (QED) is 0.861. The van der Waals surface area contributed by atoms with Gasteiger partial charge in [0.15, 0.2) is 0 Å². The number of nitrogens with one attached hydrogen (secondary N) is 2. The molecule has 2 heterocycles. The van der Waals surface area contributed by atoms with Crippen LogP contribution in [-0.2, 0) is 4.79 Å². The molecular weight excluding hydrogens is 263 g/mol. The van der Waals surface area contributed by atoms with E-state index >= 15 is 0 Å². The number of carbonyl (C=O) groups is 2. The molecule has 1 aromatic heterocycles. The Balaban J connectivity index is 1.93. The topological polar surface area (TPSA) is 65.2 Å². The van der Waals surface area contributed by atoms with Gasteiger partial charge in [-0.3, -0.25) is 9.59 Å². The minimum atomic E-state index is -4.42. The van der Waals surface area contributed by atoms with Crippen LogP contribution in [0.15, 0.2) is 18.3 Å². The van der Waals surface area contributed by atoms with E-state index in [0.29, 0.717) is 4.90 Å².